The van der Waals surface area contributed by atoms with E-state index in [4.69, 9.17) is 4.74 Å². The third kappa shape index (κ3) is 2.94. The van der Waals surface area contributed by atoms with Crippen molar-refractivity contribution in [3.8, 4) is 5.75 Å². The van der Waals surface area contributed by atoms with Crippen LogP contribution in [0.5, 0.6) is 5.75 Å². The Kier molecular flexibility index (Phi) is 4.28. The number of rotatable bonds is 4. The van der Waals surface area contributed by atoms with E-state index in [2.05, 4.69) is 15.3 Å². The number of hydrogen-bond acceptors (Lipinski definition) is 8. The van der Waals surface area contributed by atoms with E-state index in [1.807, 2.05) is 0 Å². The highest BCUT2D eigenvalue weighted by molar-refractivity contribution is 7.95. The summed E-state index contributed by atoms with van der Waals surface area (Å²) in [5, 5.41) is 2.52. The average Bonchev–Trinajstić information content (AvgIpc) is 2.58. The quantitative estimate of drug-likeness (QED) is 0.849. The lowest BCUT2D eigenvalue weighted by Gasteiger charge is -2.19. The molecule has 0 radical (unpaired) electrons. The fraction of sp³-hybridized carbons (Fsp3) is 0.125. The second kappa shape index (κ2) is 6.30. The number of nitrogens with zero attached hydrogens (tertiary/aromatic N) is 2. The number of ether oxygens (including phenoxy) is 1. The molecule has 0 spiro atoms. The third-order valence-corrected chi connectivity index (χ3v) is 4.71. The number of hydrogen-bond donors (Lipinski definition) is 1. The van der Waals surface area contributed by atoms with E-state index >= 15 is 0 Å². The summed E-state index contributed by atoms with van der Waals surface area (Å²) >= 11 is 0. The fourth-order valence-electron chi connectivity index (χ4n) is 2.47. The zero-order valence-corrected chi connectivity index (χ0v) is 14.4. The minimum atomic E-state index is -4.08. The normalized spacial score (nSPS) is 14.3. The summed E-state index contributed by atoms with van der Waals surface area (Å²) < 4.78 is 42.9. The van der Waals surface area contributed by atoms with E-state index in [0.717, 1.165) is 12.3 Å². The minimum absolute atomic E-state index is 0.0323. The van der Waals surface area contributed by atoms with Crippen molar-refractivity contribution < 1.29 is 27.1 Å². The summed E-state index contributed by atoms with van der Waals surface area (Å²) in [5.41, 5.74) is -1.06. The van der Waals surface area contributed by atoms with Gasteiger partial charge in [-0.3, -0.25) is 9.59 Å². The van der Waals surface area contributed by atoms with Gasteiger partial charge in [0.2, 0.25) is 11.6 Å². The molecular weight excluding hydrogens is 365 g/mol. The molecule has 0 unspecified atom stereocenters. The molecule has 0 saturated heterocycles. The number of carbonyl (C=O) groups excluding carboxylic acids is 2. The first-order valence-electron chi connectivity index (χ1n) is 7.19. The summed E-state index contributed by atoms with van der Waals surface area (Å²) in [6.45, 7) is 0. The number of halogens is 1. The van der Waals surface area contributed by atoms with E-state index in [-0.39, 0.29) is 22.8 Å². The van der Waals surface area contributed by atoms with Crippen LogP contribution in [-0.2, 0) is 9.84 Å². The number of methoxy groups -OCH3 is 1. The lowest BCUT2D eigenvalue weighted by Crippen LogP contribution is -2.31. The zero-order valence-electron chi connectivity index (χ0n) is 13.6. The number of carbonyl (C=O) groups is 2. The molecule has 1 N–H and O–H groups in total. The Morgan fingerprint density at radius 2 is 1.69 bits per heavy atom. The van der Waals surface area contributed by atoms with Crippen molar-refractivity contribution in [3.63, 3.8) is 0 Å². The maximum atomic E-state index is 13.9. The highest BCUT2D eigenvalue weighted by atomic mass is 32.2. The summed E-state index contributed by atoms with van der Waals surface area (Å²) in [7, 11) is -2.80. The molecule has 8 nitrogen and oxygen atoms in total. The van der Waals surface area contributed by atoms with Crippen LogP contribution in [0.3, 0.4) is 0 Å². The highest BCUT2D eigenvalue weighted by Gasteiger charge is 2.39. The van der Waals surface area contributed by atoms with Crippen LogP contribution in [0.2, 0.25) is 0 Å². The van der Waals surface area contributed by atoms with E-state index in [0.29, 0.717) is 0 Å². The highest BCUT2D eigenvalue weighted by Crippen LogP contribution is 2.29. The SMILES string of the molecule is COc1ccc(NC2=C(S(C)(=O)=O)C(=O)c3nccnc3C2=O)cc1F. The second-order valence-electron chi connectivity index (χ2n) is 5.36. The van der Waals surface area contributed by atoms with Crippen LogP contribution >= 0.6 is 0 Å². The number of Topliss-reactive ketones (excluding diaryl/α,β-unsaturated/α-hetero) is 2. The van der Waals surface area contributed by atoms with Gasteiger partial charge in [-0.05, 0) is 12.1 Å². The smallest absolute Gasteiger partial charge is 0.231 e. The Labute approximate surface area is 147 Å². The van der Waals surface area contributed by atoms with Crippen LogP contribution in [0, 0.1) is 5.82 Å². The van der Waals surface area contributed by atoms with E-state index < -0.39 is 37.8 Å². The molecule has 10 heteroatoms. The number of anilines is 1. The van der Waals surface area contributed by atoms with Gasteiger partial charge in [0.15, 0.2) is 21.4 Å². The van der Waals surface area contributed by atoms with Gasteiger partial charge in [0.1, 0.15) is 22.0 Å². The maximum Gasteiger partial charge on any atom is 0.231 e. The molecule has 134 valence electrons. The number of benzene rings is 1. The molecule has 0 saturated carbocycles. The Balaban J connectivity index is 2.17. The standard InChI is InChI=1S/C16H12FN3O5S/c1-25-10-4-3-8(7-9(10)17)20-13-14(21)11-12(19-6-5-18-11)15(22)16(13)26(2,23)24/h3-7,20H,1-2H3. The lowest BCUT2D eigenvalue weighted by molar-refractivity contribution is 0.0974. The molecule has 1 aliphatic rings. The van der Waals surface area contributed by atoms with Crippen molar-refractivity contribution in [1.29, 1.82) is 0 Å². The topological polar surface area (TPSA) is 115 Å². The Morgan fingerprint density at radius 1 is 1.08 bits per heavy atom. The first-order valence-corrected chi connectivity index (χ1v) is 9.08. The predicted octanol–water partition coefficient (Wildman–Crippen LogP) is 1.37. The van der Waals surface area contributed by atoms with Crippen molar-refractivity contribution in [1.82, 2.24) is 9.97 Å². The Morgan fingerprint density at radius 3 is 2.23 bits per heavy atom. The molecule has 1 heterocycles. The second-order valence-corrected chi connectivity index (χ2v) is 7.31. The van der Waals surface area contributed by atoms with Crippen LogP contribution in [0.4, 0.5) is 10.1 Å². The van der Waals surface area contributed by atoms with Gasteiger partial charge in [-0.15, -0.1) is 0 Å². The monoisotopic (exact) mass is 377 g/mol. The molecule has 1 aromatic heterocycles. The molecule has 2 aromatic rings. The fourth-order valence-corrected chi connectivity index (χ4v) is 3.42. The van der Waals surface area contributed by atoms with Crippen LogP contribution in [0.25, 0.3) is 0 Å². The molecule has 1 aromatic carbocycles. The van der Waals surface area contributed by atoms with Gasteiger partial charge < -0.3 is 10.1 Å². The number of aromatic nitrogens is 2. The molecule has 26 heavy (non-hydrogen) atoms. The average molecular weight is 377 g/mol. The van der Waals surface area contributed by atoms with Gasteiger partial charge in [-0.2, -0.15) is 0 Å². The Hall–Kier alpha value is -3.14. The van der Waals surface area contributed by atoms with Gasteiger partial charge in [0.05, 0.1) is 7.11 Å². The van der Waals surface area contributed by atoms with Crippen molar-refractivity contribution in [2.75, 3.05) is 18.7 Å². The number of ketones is 2. The molecule has 0 atom stereocenters. The summed E-state index contributed by atoms with van der Waals surface area (Å²) in [6, 6.07) is 3.68. The zero-order chi connectivity index (χ0) is 19.1. The van der Waals surface area contributed by atoms with Crippen LogP contribution in [0.15, 0.2) is 41.2 Å². The number of allylic oxidation sites excluding steroid dienone is 2. The van der Waals surface area contributed by atoms with Crippen LogP contribution in [-0.4, -0.2) is 43.3 Å². The summed E-state index contributed by atoms with van der Waals surface area (Å²) in [4.78, 5) is 32.0. The molecule has 0 aliphatic heterocycles. The Bertz CT molecular complexity index is 1080. The van der Waals surface area contributed by atoms with Gasteiger partial charge in [0.25, 0.3) is 0 Å². The lowest BCUT2D eigenvalue weighted by atomic mass is 10.0. The predicted molar refractivity (Wildman–Crippen MR) is 89.1 cm³/mol. The summed E-state index contributed by atoms with van der Waals surface area (Å²) in [6.07, 6.45) is 3.19. The minimum Gasteiger partial charge on any atom is -0.494 e. The van der Waals surface area contributed by atoms with Crippen molar-refractivity contribution in [2.24, 2.45) is 0 Å². The van der Waals surface area contributed by atoms with Gasteiger partial charge >= 0.3 is 0 Å². The van der Waals surface area contributed by atoms with E-state index in [1.165, 1.54) is 31.6 Å². The van der Waals surface area contributed by atoms with E-state index in [9.17, 15) is 22.4 Å². The number of nitrogens with one attached hydrogen (secondary N) is 1. The molecule has 0 bridgehead atoms. The maximum absolute atomic E-state index is 13.9. The molecule has 1 aliphatic carbocycles. The van der Waals surface area contributed by atoms with Crippen LogP contribution in [0.1, 0.15) is 21.0 Å². The first-order chi connectivity index (χ1) is 12.2. The molecule has 0 amide bonds. The van der Waals surface area contributed by atoms with Gasteiger partial charge in [-0.25, -0.2) is 22.8 Å². The van der Waals surface area contributed by atoms with E-state index in [1.54, 1.807) is 0 Å². The van der Waals surface area contributed by atoms with Crippen molar-refractivity contribution >= 4 is 27.1 Å². The molecule has 0 fully saturated rings. The molecular formula is C16H12FN3O5S. The first kappa shape index (κ1) is 17.7. The van der Waals surface area contributed by atoms with Crippen molar-refractivity contribution in [2.45, 2.75) is 0 Å². The van der Waals surface area contributed by atoms with Crippen LogP contribution < -0.4 is 10.1 Å². The van der Waals surface area contributed by atoms with Gasteiger partial charge in [0, 0.05) is 30.4 Å². The number of fused-ring (bicyclic) bond motifs is 1. The summed E-state index contributed by atoms with van der Waals surface area (Å²) in [5.74, 6) is -2.54. The number of sulfone groups is 1. The largest absolute Gasteiger partial charge is 0.494 e. The van der Waals surface area contributed by atoms with Gasteiger partial charge in [-0.1, -0.05) is 0 Å². The third-order valence-electron chi connectivity index (χ3n) is 3.58. The van der Waals surface area contributed by atoms with Crippen molar-refractivity contribution in [3.05, 3.63) is 58.4 Å². The molecule has 3 rings (SSSR count).